The second-order valence-electron chi connectivity index (χ2n) is 5.33. The van der Waals surface area contributed by atoms with Crippen LogP contribution in [0.5, 0.6) is 5.75 Å². The van der Waals surface area contributed by atoms with Crippen molar-refractivity contribution in [1.29, 1.82) is 0 Å². The molecule has 0 aromatic heterocycles. The van der Waals surface area contributed by atoms with Gasteiger partial charge in [0.15, 0.2) is 0 Å². The minimum Gasteiger partial charge on any atom is -0.495 e. The lowest BCUT2D eigenvalue weighted by molar-refractivity contribution is -0.138. The summed E-state index contributed by atoms with van der Waals surface area (Å²) >= 11 is 0. The van der Waals surface area contributed by atoms with E-state index in [1.807, 2.05) is 12.1 Å². The zero-order chi connectivity index (χ0) is 17.7. The Morgan fingerprint density at radius 3 is 2.54 bits per heavy atom. The molecule has 1 N–H and O–H groups in total. The van der Waals surface area contributed by atoms with Gasteiger partial charge in [0.1, 0.15) is 18.3 Å². The van der Waals surface area contributed by atoms with E-state index >= 15 is 0 Å². The predicted molar refractivity (Wildman–Crippen MR) is 86.9 cm³/mol. The summed E-state index contributed by atoms with van der Waals surface area (Å²) in [4.78, 5) is 39.0. The highest BCUT2D eigenvalue weighted by Crippen LogP contribution is 2.28. The number of rotatable bonds is 4. The van der Waals surface area contributed by atoms with Crippen LogP contribution in [0.2, 0.25) is 0 Å². The Hall–Kier alpha value is -2.77. The lowest BCUT2D eigenvalue weighted by atomic mass is 10.2. The molecule has 1 aromatic carbocycles. The fraction of sp³-hybridized carbons (Fsp3) is 0.438. The van der Waals surface area contributed by atoms with Crippen molar-refractivity contribution in [2.45, 2.75) is 13.0 Å². The number of carbonyl (C=O) groups excluding carboxylic acids is 3. The first-order valence-electron chi connectivity index (χ1n) is 7.54. The van der Waals surface area contributed by atoms with Crippen LogP contribution in [0.15, 0.2) is 24.3 Å². The van der Waals surface area contributed by atoms with E-state index in [1.54, 1.807) is 31.1 Å². The van der Waals surface area contributed by atoms with Gasteiger partial charge in [-0.2, -0.15) is 0 Å². The number of hydrogen-bond acceptors (Lipinski definition) is 5. The van der Waals surface area contributed by atoms with Crippen LogP contribution in [0.3, 0.4) is 0 Å². The number of anilines is 1. The minimum atomic E-state index is -0.761. The summed E-state index contributed by atoms with van der Waals surface area (Å²) in [6.45, 7) is 2.23. The third-order valence-corrected chi connectivity index (χ3v) is 3.80. The third-order valence-electron chi connectivity index (χ3n) is 3.80. The van der Waals surface area contributed by atoms with Crippen molar-refractivity contribution in [3.05, 3.63) is 24.3 Å². The molecule has 0 radical (unpaired) electrons. The van der Waals surface area contributed by atoms with Crippen LogP contribution in [0, 0.1) is 0 Å². The lowest BCUT2D eigenvalue weighted by Gasteiger charge is -2.35. The molecule has 8 heteroatoms. The van der Waals surface area contributed by atoms with Gasteiger partial charge in [-0.3, -0.25) is 9.59 Å². The minimum absolute atomic E-state index is 0.0515. The van der Waals surface area contributed by atoms with Crippen LogP contribution in [0.4, 0.5) is 10.5 Å². The largest absolute Gasteiger partial charge is 0.495 e. The van der Waals surface area contributed by atoms with Gasteiger partial charge < -0.3 is 24.6 Å². The summed E-state index contributed by atoms with van der Waals surface area (Å²) in [5.74, 6) is 0.0733. The summed E-state index contributed by atoms with van der Waals surface area (Å²) in [6.07, 6.45) is -0.685. The summed E-state index contributed by atoms with van der Waals surface area (Å²) < 4.78 is 9.75. The number of benzene rings is 1. The molecule has 0 spiro atoms. The summed E-state index contributed by atoms with van der Waals surface area (Å²) in [5, 5.41) is 2.41. The molecule has 8 nitrogen and oxygen atoms in total. The lowest BCUT2D eigenvalue weighted by Crippen LogP contribution is -2.56. The van der Waals surface area contributed by atoms with Crippen molar-refractivity contribution in [2.75, 3.05) is 38.8 Å². The number of carbonyl (C=O) groups is 3. The maximum absolute atomic E-state index is 12.4. The molecule has 3 amide bonds. The van der Waals surface area contributed by atoms with Crippen molar-refractivity contribution >= 4 is 23.6 Å². The molecule has 1 aromatic rings. The summed E-state index contributed by atoms with van der Waals surface area (Å²) in [6, 6.07) is 6.47. The molecule has 2 rings (SSSR count). The van der Waals surface area contributed by atoms with Crippen LogP contribution in [0.25, 0.3) is 0 Å². The number of nitrogens with one attached hydrogen (secondary N) is 1. The van der Waals surface area contributed by atoms with Crippen molar-refractivity contribution in [3.8, 4) is 5.75 Å². The summed E-state index contributed by atoms with van der Waals surface area (Å²) in [5.41, 5.74) is 0.679. The molecule has 130 valence electrons. The van der Waals surface area contributed by atoms with Crippen molar-refractivity contribution in [1.82, 2.24) is 10.2 Å². The molecule has 0 aliphatic carbocycles. The van der Waals surface area contributed by atoms with E-state index in [1.165, 1.54) is 12.0 Å². The SMILES string of the molecule is COC(=O)NC(C)C(=O)N1CCN(c2ccccc2OC)C(=O)C1. The van der Waals surface area contributed by atoms with Crippen LogP contribution >= 0.6 is 0 Å². The van der Waals surface area contributed by atoms with Gasteiger partial charge in [-0.25, -0.2) is 4.79 Å². The molecule has 1 unspecified atom stereocenters. The first kappa shape index (κ1) is 17.6. The molecule has 0 bridgehead atoms. The van der Waals surface area contributed by atoms with Crippen LogP contribution in [0.1, 0.15) is 6.92 Å². The zero-order valence-electron chi connectivity index (χ0n) is 13.9. The van der Waals surface area contributed by atoms with Crippen molar-refractivity contribution in [2.24, 2.45) is 0 Å². The topological polar surface area (TPSA) is 88.2 Å². The van der Waals surface area contributed by atoms with Crippen LogP contribution in [-0.2, 0) is 14.3 Å². The van der Waals surface area contributed by atoms with E-state index in [2.05, 4.69) is 10.1 Å². The molecule has 1 saturated heterocycles. The van der Waals surface area contributed by atoms with E-state index in [9.17, 15) is 14.4 Å². The number of hydrogen-bond donors (Lipinski definition) is 1. The highest BCUT2D eigenvalue weighted by molar-refractivity contribution is 5.99. The standard InChI is InChI=1S/C16H21N3O5/c1-11(17-16(22)24-3)15(21)18-8-9-19(14(20)10-18)12-6-4-5-7-13(12)23-2/h4-7,11H,8-10H2,1-3H3,(H,17,22). The molecular weight excluding hydrogens is 314 g/mol. The zero-order valence-corrected chi connectivity index (χ0v) is 13.9. The summed E-state index contributed by atoms with van der Waals surface area (Å²) in [7, 11) is 2.77. The number of amides is 3. The molecule has 1 atom stereocenters. The van der Waals surface area contributed by atoms with Crippen LogP contribution < -0.4 is 15.0 Å². The van der Waals surface area contributed by atoms with Gasteiger partial charge in [0, 0.05) is 13.1 Å². The van der Waals surface area contributed by atoms with E-state index in [0.29, 0.717) is 24.5 Å². The number of nitrogens with zero attached hydrogens (tertiary/aromatic N) is 2. The molecule has 0 saturated carbocycles. The highest BCUT2D eigenvalue weighted by atomic mass is 16.5. The number of alkyl carbamates (subject to hydrolysis) is 1. The van der Waals surface area contributed by atoms with Gasteiger partial charge in [-0.1, -0.05) is 12.1 Å². The Bertz CT molecular complexity index is 634. The van der Waals surface area contributed by atoms with E-state index in [-0.39, 0.29) is 18.4 Å². The quantitative estimate of drug-likeness (QED) is 0.871. The first-order chi connectivity index (χ1) is 11.5. The Labute approximate surface area is 140 Å². The normalized spacial score (nSPS) is 15.7. The molecule has 1 aliphatic heterocycles. The van der Waals surface area contributed by atoms with Crippen molar-refractivity contribution in [3.63, 3.8) is 0 Å². The maximum Gasteiger partial charge on any atom is 0.407 e. The highest BCUT2D eigenvalue weighted by Gasteiger charge is 2.31. The Kier molecular flexibility index (Phi) is 5.62. The maximum atomic E-state index is 12.4. The van der Waals surface area contributed by atoms with E-state index < -0.39 is 12.1 Å². The number of para-hydroxylation sites is 2. The average Bonchev–Trinajstić information content (AvgIpc) is 2.60. The molecule has 1 aliphatic rings. The van der Waals surface area contributed by atoms with E-state index in [0.717, 1.165) is 0 Å². The number of ether oxygens (including phenoxy) is 2. The molecule has 24 heavy (non-hydrogen) atoms. The molecular formula is C16H21N3O5. The van der Waals surface area contributed by atoms with Crippen LogP contribution in [-0.4, -0.2) is 62.7 Å². The van der Waals surface area contributed by atoms with Crippen molar-refractivity contribution < 1.29 is 23.9 Å². The smallest absolute Gasteiger partial charge is 0.407 e. The number of methoxy groups -OCH3 is 2. The van der Waals surface area contributed by atoms with E-state index in [4.69, 9.17) is 4.74 Å². The Balaban J connectivity index is 2.04. The second-order valence-corrected chi connectivity index (χ2v) is 5.33. The molecule has 1 heterocycles. The van der Waals surface area contributed by atoms with Gasteiger partial charge in [-0.05, 0) is 19.1 Å². The van der Waals surface area contributed by atoms with Gasteiger partial charge in [-0.15, -0.1) is 0 Å². The third kappa shape index (κ3) is 3.76. The monoisotopic (exact) mass is 335 g/mol. The Morgan fingerprint density at radius 2 is 1.92 bits per heavy atom. The molecule has 1 fully saturated rings. The number of piperazine rings is 1. The predicted octanol–water partition coefficient (Wildman–Crippen LogP) is 0.615. The van der Waals surface area contributed by atoms with Gasteiger partial charge in [0.25, 0.3) is 0 Å². The van der Waals surface area contributed by atoms with Gasteiger partial charge in [0.05, 0.1) is 19.9 Å². The second kappa shape index (κ2) is 7.67. The first-order valence-corrected chi connectivity index (χ1v) is 7.54. The fourth-order valence-electron chi connectivity index (χ4n) is 2.54. The van der Waals surface area contributed by atoms with Gasteiger partial charge in [0.2, 0.25) is 11.8 Å². The fourth-order valence-corrected chi connectivity index (χ4v) is 2.54. The Morgan fingerprint density at radius 1 is 1.21 bits per heavy atom. The van der Waals surface area contributed by atoms with Gasteiger partial charge >= 0.3 is 6.09 Å². The average molecular weight is 335 g/mol.